The fourth-order valence-corrected chi connectivity index (χ4v) is 2.46. The van der Waals surface area contributed by atoms with E-state index in [1.807, 2.05) is 0 Å². The molecule has 2 aromatic heterocycles. The molecule has 6 heteroatoms. The van der Waals surface area contributed by atoms with E-state index in [2.05, 4.69) is 45.9 Å². The Morgan fingerprint density at radius 3 is 2.86 bits per heavy atom. The summed E-state index contributed by atoms with van der Waals surface area (Å²) in [4.78, 5) is 19.1. The average molecular weight is 288 g/mol. The number of hydrogen-bond donors (Lipinski definition) is 2. The Balaban J connectivity index is 1.98. The van der Waals surface area contributed by atoms with Gasteiger partial charge in [0.1, 0.15) is 5.52 Å². The highest BCUT2D eigenvalue weighted by Gasteiger charge is 2.28. The van der Waals surface area contributed by atoms with E-state index < -0.39 is 0 Å². The molecule has 2 aromatic rings. The molecule has 0 aliphatic heterocycles. The molecule has 0 spiro atoms. The summed E-state index contributed by atoms with van der Waals surface area (Å²) in [7, 11) is 0. The summed E-state index contributed by atoms with van der Waals surface area (Å²) in [6.45, 7) is 8.50. The molecule has 21 heavy (non-hydrogen) atoms. The van der Waals surface area contributed by atoms with Crippen LogP contribution in [-0.2, 0) is 0 Å². The Morgan fingerprint density at radius 1 is 1.38 bits per heavy atom. The summed E-state index contributed by atoms with van der Waals surface area (Å²) >= 11 is 0. The summed E-state index contributed by atoms with van der Waals surface area (Å²) in [6, 6.07) is 0.408. The second-order valence-corrected chi connectivity index (χ2v) is 6.09. The van der Waals surface area contributed by atoms with Crippen molar-refractivity contribution in [1.29, 1.82) is 0 Å². The number of aromatic amines is 1. The molecule has 1 saturated carbocycles. The standard InChI is InChI=1S/C15H24N6/c1-4-7-16-15-19-13-12(17-9-18-13)14(20-15)21(10(2)3)8-11-5-6-11/h9-11H,4-8H2,1-3H3,(H2,16,17,18,19,20). The van der Waals surface area contributed by atoms with Crippen LogP contribution in [0, 0.1) is 5.92 Å². The van der Waals surface area contributed by atoms with Crippen molar-refractivity contribution in [2.45, 2.75) is 46.1 Å². The molecule has 0 unspecified atom stereocenters. The Labute approximate surface area is 125 Å². The molecule has 0 atom stereocenters. The van der Waals surface area contributed by atoms with Crippen LogP contribution in [0.4, 0.5) is 11.8 Å². The van der Waals surface area contributed by atoms with Gasteiger partial charge in [0, 0.05) is 19.1 Å². The van der Waals surface area contributed by atoms with Crippen molar-refractivity contribution < 1.29 is 0 Å². The zero-order chi connectivity index (χ0) is 14.8. The third-order valence-electron chi connectivity index (χ3n) is 3.85. The van der Waals surface area contributed by atoms with Crippen molar-refractivity contribution in [3.8, 4) is 0 Å². The maximum atomic E-state index is 4.75. The second-order valence-electron chi connectivity index (χ2n) is 6.09. The van der Waals surface area contributed by atoms with E-state index in [1.165, 1.54) is 12.8 Å². The van der Waals surface area contributed by atoms with Gasteiger partial charge >= 0.3 is 0 Å². The van der Waals surface area contributed by atoms with Crippen LogP contribution in [0.5, 0.6) is 0 Å². The highest BCUT2D eigenvalue weighted by molar-refractivity contribution is 5.84. The lowest BCUT2D eigenvalue weighted by atomic mass is 10.2. The largest absolute Gasteiger partial charge is 0.354 e. The predicted octanol–water partition coefficient (Wildman–Crippen LogP) is 2.80. The molecular weight excluding hydrogens is 264 g/mol. The van der Waals surface area contributed by atoms with Crippen LogP contribution in [0.3, 0.4) is 0 Å². The number of aromatic nitrogens is 4. The minimum atomic E-state index is 0.408. The molecule has 0 amide bonds. The first-order valence-electron chi connectivity index (χ1n) is 7.90. The van der Waals surface area contributed by atoms with Gasteiger partial charge in [0.25, 0.3) is 0 Å². The highest BCUT2D eigenvalue weighted by atomic mass is 15.3. The molecule has 0 radical (unpaired) electrons. The predicted molar refractivity (Wildman–Crippen MR) is 85.7 cm³/mol. The molecule has 0 bridgehead atoms. The lowest BCUT2D eigenvalue weighted by molar-refractivity contribution is 0.638. The number of rotatable bonds is 7. The Bertz CT molecular complexity index is 601. The van der Waals surface area contributed by atoms with Gasteiger partial charge in [0.15, 0.2) is 11.5 Å². The Hall–Kier alpha value is -1.85. The van der Waals surface area contributed by atoms with Gasteiger partial charge in [-0.05, 0) is 39.0 Å². The summed E-state index contributed by atoms with van der Waals surface area (Å²) in [6.07, 6.45) is 5.41. The molecule has 114 valence electrons. The van der Waals surface area contributed by atoms with Crippen molar-refractivity contribution in [1.82, 2.24) is 19.9 Å². The normalized spacial score (nSPS) is 14.9. The van der Waals surface area contributed by atoms with Gasteiger partial charge in [-0.15, -0.1) is 0 Å². The first-order valence-corrected chi connectivity index (χ1v) is 7.90. The van der Waals surface area contributed by atoms with E-state index in [9.17, 15) is 0 Å². The monoisotopic (exact) mass is 288 g/mol. The Kier molecular flexibility index (Phi) is 3.94. The van der Waals surface area contributed by atoms with Gasteiger partial charge in [0.2, 0.25) is 5.95 Å². The SMILES string of the molecule is CCCNc1nc(N(CC2CC2)C(C)C)c2[nH]cnc2n1. The summed E-state index contributed by atoms with van der Waals surface area (Å²) in [5.41, 5.74) is 1.67. The van der Waals surface area contributed by atoms with E-state index in [0.29, 0.717) is 12.0 Å². The molecule has 1 aliphatic rings. The second kappa shape index (κ2) is 5.87. The number of fused-ring (bicyclic) bond motifs is 1. The van der Waals surface area contributed by atoms with Crippen LogP contribution in [0.1, 0.15) is 40.0 Å². The zero-order valence-corrected chi connectivity index (χ0v) is 13.1. The molecule has 0 saturated heterocycles. The fourth-order valence-electron chi connectivity index (χ4n) is 2.46. The van der Waals surface area contributed by atoms with Crippen LogP contribution in [0.2, 0.25) is 0 Å². The third kappa shape index (κ3) is 3.09. The maximum absolute atomic E-state index is 4.75. The van der Waals surface area contributed by atoms with E-state index in [4.69, 9.17) is 4.98 Å². The molecule has 2 heterocycles. The van der Waals surface area contributed by atoms with Crippen LogP contribution in [0.15, 0.2) is 6.33 Å². The number of nitrogens with one attached hydrogen (secondary N) is 2. The van der Waals surface area contributed by atoms with Crippen LogP contribution in [0.25, 0.3) is 11.2 Å². The van der Waals surface area contributed by atoms with Gasteiger partial charge in [-0.25, -0.2) is 4.98 Å². The molecule has 2 N–H and O–H groups in total. The molecule has 3 rings (SSSR count). The first-order chi connectivity index (χ1) is 10.2. The van der Waals surface area contributed by atoms with Gasteiger partial charge in [-0.2, -0.15) is 9.97 Å². The van der Waals surface area contributed by atoms with Crippen LogP contribution >= 0.6 is 0 Å². The molecule has 6 nitrogen and oxygen atoms in total. The summed E-state index contributed by atoms with van der Waals surface area (Å²) < 4.78 is 0. The Morgan fingerprint density at radius 2 is 2.19 bits per heavy atom. The van der Waals surface area contributed by atoms with Crippen LogP contribution < -0.4 is 10.2 Å². The van der Waals surface area contributed by atoms with Gasteiger partial charge < -0.3 is 15.2 Å². The number of anilines is 2. The van der Waals surface area contributed by atoms with Gasteiger partial charge in [-0.1, -0.05) is 6.92 Å². The third-order valence-corrected chi connectivity index (χ3v) is 3.85. The van der Waals surface area contributed by atoms with Crippen molar-refractivity contribution >= 4 is 22.9 Å². The fraction of sp³-hybridized carbons (Fsp3) is 0.667. The van der Waals surface area contributed by atoms with Gasteiger partial charge in [0.05, 0.1) is 6.33 Å². The number of hydrogen-bond acceptors (Lipinski definition) is 5. The molecule has 1 fully saturated rings. The van der Waals surface area contributed by atoms with E-state index in [1.54, 1.807) is 6.33 Å². The average Bonchev–Trinajstić information content (AvgIpc) is 3.16. The summed E-state index contributed by atoms with van der Waals surface area (Å²) in [5.74, 6) is 2.46. The number of nitrogens with zero attached hydrogens (tertiary/aromatic N) is 4. The summed E-state index contributed by atoms with van der Waals surface area (Å²) in [5, 5.41) is 3.28. The lowest BCUT2D eigenvalue weighted by Crippen LogP contribution is -2.34. The van der Waals surface area contributed by atoms with Crippen LogP contribution in [-0.4, -0.2) is 39.1 Å². The molecule has 1 aliphatic carbocycles. The quantitative estimate of drug-likeness (QED) is 0.820. The first kappa shape index (κ1) is 14.1. The minimum Gasteiger partial charge on any atom is -0.354 e. The maximum Gasteiger partial charge on any atom is 0.226 e. The van der Waals surface area contributed by atoms with Crippen molar-refractivity contribution in [3.05, 3.63) is 6.33 Å². The smallest absolute Gasteiger partial charge is 0.226 e. The highest BCUT2D eigenvalue weighted by Crippen LogP contribution is 2.33. The van der Waals surface area contributed by atoms with Crippen molar-refractivity contribution in [2.75, 3.05) is 23.3 Å². The zero-order valence-electron chi connectivity index (χ0n) is 13.1. The van der Waals surface area contributed by atoms with E-state index in [0.717, 1.165) is 42.4 Å². The van der Waals surface area contributed by atoms with Crippen molar-refractivity contribution in [3.63, 3.8) is 0 Å². The van der Waals surface area contributed by atoms with E-state index in [-0.39, 0.29) is 0 Å². The van der Waals surface area contributed by atoms with Crippen molar-refractivity contribution in [2.24, 2.45) is 5.92 Å². The lowest BCUT2D eigenvalue weighted by Gasteiger charge is -2.28. The topological polar surface area (TPSA) is 69.7 Å². The van der Waals surface area contributed by atoms with E-state index >= 15 is 0 Å². The van der Waals surface area contributed by atoms with Gasteiger partial charge in [-0.3, -0.25) is 0 Å². The minimum absolute atomic E-state index is 0.408. The molecular formula is C15H24N6. The number of H-pyrrole nitrogens is 1. The molecule has 0 aromatic carbocycles. The number of imidazole rings is 1.